The second kappa shape index (κ2) is 15.5. The molecule has 0 saturated heterocycles. The maximum atomic E-state index is 11.9. The summed E-state index contributed by atoms with van der Waals surface area (Å²) in [6.07, 6.45) is 0.880. The fourth-order valence-corrected chi connectivity index (χ4v) is 2.76. The fourth-order valence-electron chi connectivity index (χ4n) is 2.76. The van der Waals surface area contributed by atoms with Crippen LogP contribution in [0.4, 0.5) is 0 Å². The van der Waals surface area contributed by atoms with E-state index in [1.54, 1.807) is 41.5 Å². The number of hydrogen-bond acceptors (Lipinski definition) is 10. The lowest BCUT2D eigenvalue weighted by molar-refractivity contribution is -0.157. The maximum absolute atomic E-state index is 11.9. The van der Waals surface area contributed by atoms with Crippen LogP contribution in [0.2, 0.25) is 0 Å². The van der Waals surface area contributed by atoms with Crippen molar-refractivity contribution >= 4 is 17.9 Å². The van der Waals surface area contributed by atoms with E-state index < -0.39 is 22.3 Å². The first-order valence-corrected chi connectivity index (χ1v) is 12.5. The smallest absolute Gasteiger partial charge is 0.308 e. The van der Waals surface area contributed by atoms with E-state index in [4.69, 9.17) is 34.2 Å². The van der Waals surface area contributed by atoms with Gasteiger partial charge in [0.1, 0.15) is 16.8 Å². The molecule has 10 nitrogen and oxygen atoms in total. The van der Waals surface area contributed by atoms with Crippen molar-refractivity contribution in [1.29, 1.82) is 0 Å². The molecule has 0 aliphatic rings. The van der Waals surface area contributed by atoms with Crippen molar-refractivity contribution in [3.63, 3.8) is 0 Å². The Morgan fingerprint density at radius 1 is 0.528 bits per heavy atom. The van der Waals surface area contributed by atoms with Crippen LogP contribution in [0.5, 0.6) is 0 Å². The highest BCUT2D eigenvalue weighted by atomic mass is 16.6. The number of carbonyl (C=O) groups excluding carboxylic acids is 3. The minimum atomic E-state index is -1.02. The van der Waals surface area contributed by atoms with Crippen molar-refractivity contribution < 1.29 is 42.8 Å². The van der Waals surface area contributed by atoms with Crippen LogP contribution in [-0.4, -0.2) is 79.9 Å². The quantitative estimate of drug-likeness (QED) is 0.184. The highest BCUT2D eigenvalue weighted by Gasteiger charge is 2.27. The highest BCUT2D eigenvalue weighted by molar-refractivity contribution is 5.70. The number of esters is 3. The molecule has 0 bridgehead atoms. The predicted octanol–water partition coefficient (Wildman–Crippen LogP) is 3.32. The topological polar surface area (TPSA) is 133 Å². The Hall–Kier alpha value is -1.75. The molecule has 0 radical (unpaired) electrons. The number of ether oxygens (including phenoxy) is 6. The molecule has 0 aromatic heterocycles. The Labute approximate surface area is 216 Å². The lowest BCUT2D eigenvalue weighted by atomic mass is 10.1. The van der Waals surface area contributed by atoms with Gasteiger partial charge < -0.3 is 34.2 Å². The number of carbonyl (C=O) groups is 3. The van der Waals surface area contributed by atoms with Crippen molar-refractivity contribution in [2.45, 2.75) is 110 Å². The normalized spacial score (nSPS) is 12.8. The van der Waals surface area contributed by atoms with Gasteiger partial charge in [-0.25, -0.2) is 0 Å². The van der Waals surface area contributed by atoms with Gasteiger partial charge in [-0.2, -0.15) is 0 Å². The highest BCUT2D eigenvalue weighted by Crippen LogP contribution is 2.12. The molecule has 0 saturated carbocycles. The Morgan fingerprint density at radius 2 is 0.833 bits per heavy atom. The molecular formula is C26H49NO9. The molecule has 0 aromatic carbocycles. The average molecular weight is 520 g/mol. The van der Waals surface area contributed by atoms with Gasteiger partial charge in [0.15, 0.2) is 0 Å². The van der Waals surface area contributed by atoms with E-state index in [1.165, 1.54) is 0 Å². The first-order valence-electron chi connectivity index (χ1n) is 12.5. The minimum absolute atomic E-state index is 0.0638. The summed E-state index contributed by atoms with van der Waals surface area (Å²) in [6, 6.07) is 0. The standard InChI is InChI=1S/C26H49NO9/c1-23(2,3)34-20(28)11-10-14-31-17-26(27,18-32-15-12-21(29)35-24(4,5)6)19-33-16-13-22(30)36-25(7,8)9/h10-19,27H2,1-9H3. The molecule has 0 heterocycles. The van der Waals surface area contributed by atoms with Gasteiger partial charge in [-0.3, -0.25) is 14.4 Å². The van der Waals surface area contributed by atoms with Gasteiger partial charge in [-0.1, -0.05) is 0 Å². The zero-order valence-electron chi connectivity index (χ0n) is 23.8. The SMILES string of the molecule is CC(C)(C)OC(=O)CCCOCC(N)(COCCC(=O)OC(C)(C)C)COCCC(=O)OC(C)(C)C. The first kappa shape index (κ1) is 34.2. The van der Waals surface area contributed by atoms with Crippen LogP contribution in [0.1, 0.15) is 88.0 Å². The van der Waals surface area contributed by atoms with Crippen molar-refractivity contribution in [2.24, 2.45) is 5.73 Å². The van der Waals surface area contributed by atoms with E-state index in [1.807, 2.05) is 20.8 Å². The number of rotatable bonds is 16. The molecule has 0 aromatic rings. The predicted molar refractivity (Wildman–Crippen MR) is 135 cm³/mol. The summed E-state index contributed by atoms with van der Waals surface area (Å²) in [5.74, 6) is -1.02. The lowest BCUT2D eigenvalue weighted by Gasteiger charge is -2.29. The van der Waals surface area contributed by atoms with E-state index in [0.29, 0.717) is 13.0 Å². The molecule has 0 aliphatic heterocycles. The lowest BCUT2D eigenvalue weighted by Crippen LogP contribution is -2.53. The van der Waals surface area contributed by atoms with Crippen molar-refractivity contribution in [2.75, 3.05) is 39.6 Å². The molecule has 36 heavy (non-hydrogen) atoms. The molecule has 10 heteroatoms. The summed E-state index contributed by atoms with van der Waals surface area (Å²) in [5, 5.41) is 0. The van der Waals surface area contributed by atoms with Crippen LogP contribution in [0.15, 0.2) is 0 Å². The van der Waals surface area contributed by atoms with Crippen LogP contribution >= 0.6 is 0 Å². The molecule has 0 atom stereocenters. The molecule has 0 spiro atoms. The van der Waals surface area contributed by atoms with Gasteiger partial charge in [0.25, 0.3) is 0 Å². The summed E-state index contributed by atoms with van der Waals surface area (Å²) >= 11 is 0. The van der Waals surface area contributed by atoms with Gasteiger partial charge in [0.2, 0.25) is 0 Å². The Kier molecular flexibility index (Phi) is 14.7. The second-order valence-electron chi connectivity index (χ2n) is 11.9. The van der Waals surface area contributed by atoms with Gasteiger partial charge >= 0.3 is 17.9 Å². The van der Waals surface area contributed by atoms with E-state index in [0.717, 1.165) is 0 Å². The van der Waals surface area contributed by atoms with Gasteiger partial charge in [-0.05, 0) is 68.7 Å². The molecular weight excluding hydrogens is 470 g/mol. The first-order chi connectivity index (χ1) is 16.3. The maximum Gasteiger partial charge on any atom is 0.308 e. The summed E-state index contributed by atoms with van der Waals surface area (Å²) in [5.41, 5.74) is 3.78. The molecule has 2 N–H and O–H groups in total. The molecule has 0 unspecified atom stereocenters. The molecule has 212 valence electrons. The largest absolute Gasteiger partial charge is 0.460 e. The van der Waals surface area contributed by atoms with Crippen molar-refractivity contribution in [3.05, 3.63) is 0 Å². The molecule has 0 aliphatic carbocycles. The zero-order valence-corrected chi connectivity index (χ0v) is 23.8. The second-order valence-corrected chi connectivity index (χ2v) is 11.9. The van der Waals surface area contributed by atoms with Crippen LogP contribution in [0.3, 0.4) is 0 Å². The van der Waals surface area contributed by atoms with Crippen molar-refractivity contribution in [3.8, 4) is 0 Å². The van der Waals surface area contributed by atoms with Gasteiger partial charge in [0, 0.05) is 13.0 Å². The van der Waals surface area contributed by atoms with Crippen LogP contribution in [-0.2, 0) is 42.8 Å². The minimum Gasteiger partial charge on any atom is -0.460 e. The molecule has 0 amide bonds. The third kappa shape index (κ3) is 21.5. The van der Waals surface area contributed by atoms with Crippen LogP contribution in [0.25, 0.3) is 0 Å². The monoisotopic (exact) mass is 519 g/mol. The number of nitrogens with two attached hydrogens (primary N) is 1. The molecule has 0 fully saturated rings. The summed E-state index contributed by atoms with van der Waals surface area (Å²) in [7, 11) is 0. The van der Waals surface area contributed by atoms with Crippen LogP contribution < -0.4 is 5.73 Å². The van der Waals surface area contributed by atoms with E-state index >= 15 is 0 Å². The third-order valence-electron chi connectivity index (χ3n) is 4.00. The van der Waals surface area contributed by atoms with E-state index in [2.05, 4.69) is 0 Å². The Balaban J connectivity index is 4.62. The fraction of sp³-hybridized carbons (Fsp3) is 0.885. The average Bonchev–Trinajstić information content (AvgIpc) is 2.64. The number of hydrogen-bond donors (Lipinski definition) is 1. The molecule has 0 rings (SSSR count). The summed E-state index contributed by atoms with van der Waals surface area (Å²) in [6.45, 7) is 17.0. The zero-order chi connectivity index (χ0) is 28.0. The Bertz CT molecular complexity index is 636. The Morgan fingerprint density at radius 3 is 1.17 bits per heavy atom. The summed E-state index contributed by atoms with van der Waals surface area (Å²) < 4.78 is 32.8. The van der Waals surface area contributed by atoms with E-state index in [-0.39, 0.29) is 70.2 Å². The van der Waals surface area contributed by atoms with Crippen LogP contribution in [0, 0.1) is 0 Å². The van der Waals surface area contributed by atoms with E-state index in [9.17, 15) is 14.4 Å². The van der Waals surface area contributed by atoms with Gasteiger partial charge in [0.05, 0.1) is 51.4 Å². The summed E-state index contributed by atoms with van der Waals surface area (Å²) in [4.78, 5) is 35.6. The third-order valence-corrected chi connectivity index (χ3v) is 4.00. The van der Waals surface area contributed by atoms with Crippen molar-refractivity contribution in [1.82, 2.24) is 0 Å². The van der Waals surface area contributed by atoms with Gasteiger partial charge in [-0.15, -0.1) is 0 Å².